The molecule has 1 aliphatic carbocycles. The van der Waals surface area contributed by atoms with E-state index >= 15 is 0 Å². The average Bonchev–Trinajstić information content (AvgIpc) is 3.49. The molecule has 2 saturated heterocycles. The fourth-order valence-corrected chi connectivity index (χ4v) is 6.05. The predicted octanol–water partition coefficient (Wildman–Crippen LogP) is 3.03. The molecular weight excluding hydrogens is 424 g/mol. The largest absolute Gasteiger partial charge is 0.347 e. The molecule has 2 aromatic carbocycles. The summed E-state index contributed by atoms with van der Waals surface area (Å²) in [6.45, 7) is 2.56. The van der Waals surface area contributed by atoms with Crippen molar-refractivity contribution in [1.29, 1.82) is 0 Å². The van der Waals surface area contributed by atoms with Crippen molar-refractivity contribution in [3.63, 3.8) is 0 Å². The normalized spacial score (nSPS) is 29.5. The number of carbonyl (C=O) groups is 2. The molecule has 5 rings (SSSR count). The summed E-state index contributed by atoms with van der Waals surface area (Å²) in [6, 6.07) is 18.0. The number of nitrogens with two attached hydrogens (primary N) is 1. The molecule has 2 amide bonds. The number of benzene rings is 2. The monoisotopic (exact) mass is 460 g/mol. The maximum atomic E-state index is 13.7. The van der Waals surface area contributed by atoms with Gasteiger partial charge in [0.25, 0.3) is 0 Å². The van der Waals surface area contributed by atoms with Gasteiger partial charge < -0.3 is 21.3 Å². The third-order valence-corrected chi connectivity index (χ3v) is 7.96. The smallest absolute Gasteiger partial charge is 0.243 e. The first-order valence-corrected chi connectivity index (χ1v) is 12.8. The minimum atomic E-state index is -0.456. The van der Waals surface area contributed by atoms with Crippen LogP contribution in [0.4, 0.5) is 0 Å². The molecule has 6 atom stereocenters. The molecule has 2 aromatic rings. The van der Waals surface area contributed by atoms with E-state index in [0.717, 1.165) is 32.1 Å². The Balaban J connectivity index is 1.35. The third-order valence-electron chi connectivity index (χ3n) is 7.96. The predicted molar refractivity (Wildman–Crippen MR) is 133 cm³/mol. The van der Waals surface area contributed by atoms with Crippen molar-refractivity contribution in [3.05, 3.63) is 71.3 Å². The van der Waals surface area contributed by atoms with Gasteiger partial charge in [0.2, 0.25) is 11.8 Å². The second-order valence-corrected chi connectivity index (χ2v) is 10.3. The molecule has 3 unspecified atom stereocenters. The van der Waals surface area contributed by atoms with Crippen molar-refractivity contribution in [2.24, 2.45) is 5.73 Å². The molecular formula is C28H36N4O2. The average molecular weight is 461 g/mol. The first-order valence-electron chi connectivity index (χ1n) is 12.8. The zero-order valence-corrected chi connectivity index (χ0v) is 20.0. The number of rotatable bonds is 5. The van der Waals surface area contributed by atoms with E-state index in [9.17, 15) is 9.59 Å². The van der Waals surface area contributed by atoms with Crippen molar-refractivity contribution in [2.45, 2.75) is 81.6 Å². The highest BCUT2D eigenvalue weighted by atomic mass is 16.2. The van der Waals surface area contributed by atoms with Crippen LogP contribution in [0, 0.1) is 0 Å². The SMILES string of the molecule is CC(N)C1CCCC(C(=O)N2C[C@@H](c3ccccc3)C[C@H]2C(=O)N[C@@H]2CCc3ccccc32)N1. The fourth-order valence-electron chi connectivity index (χ4n) is 6.05. The lowest BCUT2D eigenvalue weighted by Crippen LogP contribution is -2.58. The Kier molecular flexibility index (Phi) is 6.70. The first kappa shape index (κ1) is 23.1. The number of piperidine rings is 1. The van der Waals surface area contributed by atoms with E-state index in [1.54, 1.807) is 0 Å². The lowest BCUT2D eigenvalue weighted by molar-refractivity contribution is -0.141. The standard InChI is InChI=1S/C28H36N4O2/c1-18(29)23-12-7-13-25(30-23)28(34)32-17-21(19-8-3-2-4-9-19)16-26(32)27(33)31-24-15-14-20-10-5-6-11-22(20)24/h2-6,8-11,18,21,23-26,30H,7,12-17,29H2,1H3,(H,31,33)/t18?,21-,23?,24+,25?,26-/m0/s1. The highest BCUT2D eigenvalue weighted by molar-refractivity contribution is 5.91. The number of aryl methyl sites for hydroxylation is 1. The molecule has 0 bridgehead atoms. The van der Waals surface area contributed by atoms with Crippen LogP contribution in [0.25, 0.3) is 0 Å². The van der Waals surface area contributed by atoms with Crippen LogP contribution in [0.15, 0.2) is 54.6 Å². The van der Waals surface area contributed by atoms with Crippen molar-refractivity contribution >= 4 is 11.8 Å². The Morgan fingerprint density at radius 2 is 1.82 bits per heavy atom. The van der Waals surface area contributed by atoms with Crippen LogP contribution in [-0.4, -0.2) is 47.4 Å². The number of nitrogens with one attached hydrogen (secondary N) is 2. The maximum absolute atomic E-state index is 13.7. The van der Waals surface area contributed by atoms with E-state index < -0.39 is 6.04 Å². The van der Waals surface area contributed by atoms with Crippen LogP contribution in [0.3, 0.4) is 0 Å². The molecule has 0 saturated carbocycles. The molecule has 4 N–H and O–H groups in total. The number of amides is 2. The summed E-state index contributed by atoms with van der Waals surface area (Å²) in [5, 5.41) is 6.77. The van der Waals surface area contributed by atoms with Crippen molar-refractivity contribution < 1.29 is 9.59 Å². The Morgan fingerprint density at radius 3 is 2.62 bits per heavy atom. The first-order chi connectivity index (χ1) is 16.5. The highest BCUT2D eigenvalue weighted by Gasteiger charge is 2.43. The fraction of sp³-hybridized carbons (Fsp3) is 0.500. The molecule has 0 radical (unpaired) electrons. The van der Waals surface area contributed by atoms with Crippen molar-refractivity contribution in [1.82, 2.24) is 15.5 Å². The summed E-state index contributed by atoms with van der Waals surface area (Å²) in [6.07, 6.45) is 5.29. The number of likely N-dealkylation sites (tertiary alicyclic amines) is 1. The summed E-state index contributed by atoms with van der Waals surface area (Å²) >= 11 is 0. The Hall–Kier alpha value is -2.70. The number of carbonyl (C=O) groups excluding carboxylic acids is 2. The van der Waals surface area contributed by atoms with E-state index in [0.29, 0.717) is 13.0 Å². The quantitative estimate of drug-likeness (QED) is 0.640. The van der Waals surface area contributed by atoms with Gasteiger partial charge in [0.1, 0.15) is 6.04 Å². The van der Waals surface area contributed by atoms with E-state index in [-0.39, 0.29) is 41.9 Å². The van der Waals surface area contributed by atoms with Crippen LogP contribution in [0.2, 0.25) is 0 Å². The maximum Gasteiger partial charge on any atom is 0.243 e. The van der Waals surface area contributed by atoms with Gasteiger partial charge in [-0.15, -0.1) is 0 Å². The molecule has 180 valence electrons. The van der Waals surface area contributed by atoms with Gasteiger partial charge in [-0.1, -0.05) is 54.6 Å². The summed E-state index contributed by atoms with van der Waals surface area (Å²) < 4.78 is 0. The van der Waals surface area contributed by atoms with Crippen LogP contribution in [-0.2, 0) is 16.0 Å². The van der Waals surface area contributed by atoms with Crippen LogP contribution in [0.1, 0.15) is 67.7 Å². The molecule has 2 aliphatic heterocycles. The van der Waals surface area contributed by atoms with Gasteiger partial charge in [-0.05, 0) is 62.1 Å². The van der Waals surface area contributed by atoms with E-state index in [4.69, 9.17) is 5.73 Å². The molecule has 6 nitrogen and oxygen atoms in total. The zero-order chi connectivity index (χ0) is 23.7. The van der Waals surface area contributed by atoms with Crippen LogP contribution < -0.4 is 16.4 Å². The lowest BCUT2D eigenvalue weighted by Gasteiger charge is -2.36. The third kappa shape index (κ3) is 4.62. The number of nitrogens with zero attached hydrogens (tertiary/aromatic N) is 1. The number of hydrogen-bond donors (Lipinski definition) is 3. The summed E-state index contributed by atoms with van der Waals surface area (Å²) in [4.78, 5) is 29.2. The summed E-state index contributed by atoms with van der Waals surface area (Å²) in [7, 11) is 0. The molecule has 34 heavy (non-hydrogen) atoms. The second-order valence-electron chi connectivity index (χ2n) is 10.3. The molecule has 3 aliphatic rings. The van der Waals surface area contributed by atoms with Crippen molar-refractivity contribution in [3.8, 4) is 0 Å². The van der Waals surface area contributed by atoms with Gasteiger partial charge in [-0.25, -0.2) is 0 Å². The highest BCUT2D eigenvalue weighted by Crippen LogP contribution is 2.35. The molecule has 0 spiro atoms. The Labute approximate surface area is 202 Å². The van der Waals surface area contributed by atoms with Crippen LogP contribution >= 0.6 is 0 Å². The summed E-state index contributed by atoms with van der Waals surface area (Å²) in [5.74, 6) is 0.161. The summed E-state index contributed by atoms with van der Waals surface area (Å²) in [5.41, 5.74) is 9.84. The van der Waals surface area contributed by atoms with Gasteiger partial charge in [0.15, 0.2) is 0 Å². The minimum absolute atomic E-state index is 0.00669. The van der Waals surface area contributed by atoms with Crippen molar-refractivity contribution in [2.75, 3.05) is 6.54 Å². The Morgan fingerprint density at radius 1 is 1.06 bits per heavy atom. The van der Waals surface area contributed by atoms with E-state index in [1.165, 1.54) is 16.7 Å². The second kappa shape index (κ2) is 9.88. The number of hydrogen-bond acceptors (Lipinski definition) is 4. The molecule has 0 aromatic heterocycles. The van der Waals surface area contributed by atoms with E-state index in [1.807, 2.05) is 36.1 Å². The van der Waals surface area contributed by atoms with Gasteiger partial charge in [-0.3, -0.25) is 9.59 Å². The molecule has 2 fully saturated rings. The van der Waals surface area contributed by atoms with Gasteiger partial charge in [0, 0.05) is 24.5 Å². The van der Waals surface area contributed by atoms with Gasteiger partial charge in [0.05, 0.1) is 12.1 Å². The minimum Gasteiger partial charge on any atom is -0.347 e. The Bertz CT molecular complexity index is 1020. The van der Waals surface area contributed by atoms with Crippen LogP contribution in [0.5, 0.6) is 0 Å². The molecule has 6 heteroatoms. The van der Waals surface area contributed by atoms with E-state index in [2.05, 4.69) is 41.0 Å². The molecule has 2 heterocycles. The van der Waals surface area contributed by atoms with Gasteiger partial charge in [-0.2, -0.15) is 0 Å². The lowest BCUT2D eigenvalue weighted by atomic mass is 9.94. The zero-order valence-electron chi connectivity index (χ0n) is 20.0. The van der Waals surface area contributed by atoms with Gasteiger partial charge >= 0.3 is 0 Å². The topological polar surface area (TPSA) is 87.5 Å². The number of fused-ring (bicyclic) bond motifs is 1.